The summed E-state index contributed by atoms with van der Waals surface area (Å²) in [5.41, 5.74) is -1.10. The lowest BCUT2D eigenvalue weighted by Crippen LogP contribution is -2.22. The summed E-state index contributed by atoms with van der Waals surface area (Å²) in [7, 11) is 1.48. The summed E-state index contributed by atoms with van der Waals surface area (Å²) in [6.07, 6.45) is -4.72. The van der Waals surface area contributed by atoms with E-state index < -0.39 is 35.8 Å². The van der Waals surface area contributed by atoms with Gasteiger partial charge in [-0.25, -0.2) is 4.79 Å². The highest BCUT2D eigenvalue weighted by molar-refractivity contribution is 5.97. The first-order valence-electron chi connectivity index (χ1n) is 7.67. The molecule has 0 atom stereocenters. The Balaban J connectivity index is 1.96. The Hall–Kier alpha value is -3.36. The molecule has 0 aromatic heterocycles. The van der Waals surface area contributed by atoms with Crippen molar-refractivity contribution in [3.8, 4) is 0 Å². The van der Waals surface area contributed by atoms with Crippen molar-refractivity contribution in [3.05, 3.63) is 65.2 Å². The lowest BCUT2D eigenvalue weighted by Gasteiger charge is -2.12. The number of benzene rings is 2. The number of carbonyl (C=O) groups excluding carboxylic acids is 3. The van der Waals surface area contributed by atoms with Crippen LogP contribution in [0.1, 0.15) is 26.3 Å². The molecule has 2 rings (SSSR count). The number of nitrogens with one attached hydrogen (secondary N) is 2. The number of rotatable bonds is 5. The van der Waals surface area contributed by atoms with E-state index in [-0.39, 0.29) is 5.91 Å². The zero-order valence-corrected chi connectivity index (χ0v) is 14.1. The first-order valence-corrected chi connectivity index (χ1v) is 7.67. The van der Waals surface area contributed by atoms with E-state index in [1.54, 1.807) is 0 Å². The normalized spacial score (nSPS) is 10.8. The molecule has 2 N–H and O–H groups in total. The van der Waals surface area contributed by atoms with Crippen molar-refractivity contribution in [1.29, 1.82) is 0 Å². The molecule has 0 radical (unpaired) electrons. The third-order valence-corrected chi connectivity index (χ3v) is 3.44. The van der Waals surface area contributed by atoms with Gasteiger partial charge in [0.15, 0.2) is 6.61 Å². The molecule has 0 fully saturated rings. The molecule has 0 saturated carbocycles. The van der Waals surface area contributed by atoms with Crippen LogP contribution in [0, 0.1) is 0 Å². The fourth-order valence-electron chi connectivity index (χ4n) is 2.16. The molecule has 0 aliphatic carbocycles. The molecular weight excluding hydrogens is 365 g/mol. The zero-order chi connectivity index (χ0) is 20.0. The Morgan fingerprint density at radius 2 is 1.63 bits per heavy atom. The van der Waals surface area contributed by atoms with Crippen LogP contribution in [0.3, 0.4) is 0 Å². The molecule has 0 aliphatic rings. The van der Waals surface area contributed by atoms with Crippen LogP contribution in [0.5, 0.6) is 0 Å². The molecule has 0 bridgehead atoms. The maximum atomic E-state index is 12.9. The number of esters is 1. The average molecular weight is 380 g/mol. The van der Waals surface area contributed by atoms with Gasteiger partial charge in [0.25, 0.3) is 11.8 Å². The Labute approximate surface area is 152 Å². The smallest absolute Gasteiger partial charge is 0.417 e. The van der Waals surface area contributed by atoms with Gasteiger partial charge in [0, 0.05) is 18.3 Å². The van der Waals surface area contributed by atoms with Gasteiger partial charge in [0.1, 0.15) is 0 Å². The second-order valence-corrected chi connectivity index (χ2v) is 5.32. The highest BCUT2D eigenvalue weighted by Crippen LogP contribution is 2.32. The van der Waals surface area contributed by atoms with Crippen LogP contribution in [0.25, 0.3) is 0 Å². The largest absolute Gasteiger partial charge is 0.452 e. The average Bonchev–Trinajstić information content (AvgIpc) is 2.65. The van der Waals surface area contributed by atoms with Crippen LogP contribution in [-0.4, -0.2) is 31.4 Å². The van der Waals surface area contributed by atoms with E-state index in [2.05, 4.69) is 15.4 Å². The molecule has 0 aliphatic heterocycles. The van der Waals surface area contributed by atoms with Gasteiger partial charge < -0.3 is 15.4 Å². The van der Waals surface area contributed by atoms with Crippen molar-refractivity contribution in [3.63, 3.8) is 0 Å². The minimum absolute atomic E-state index is 0.301. The monoisotopic (exact) mass is 380 g/mol. The summed E-state index contributed by atoms with van der Waals surface area (Å²) in [5.74, 6) is -2.29. The number of carbonyl (C=O) groups is 3. The Morgan fingerprint density at radius 3 is 2.22 bits per heavy atom. The zero-order valence-electron chi connectivity index (χ0n) is 14.1. The van der Waals surface area contributed by atoms with Crippen LogP contribution in [-0.2, 0) is 15.7 Å². The van der Waals surface area contributed by atoms with Gasteiger partial charge in [0.05, 0.1) is 11.1 Å². The number of alkyl halides is 3. The molecule has 0 saturated heterocycles. The van der Waals surface area contributed by atoms with Crippen molar-refractivity contribution in [1.82, 2.24) is 5.32 Å². The van der Waals surface area contributed by atoms with Crippen molar-refractivity contribution in [2.24, 2.45) is 0 Å². The van der Waals surface area contributed by atoms with Crippen molar-refractivity contribution in [2.45, 2.75) is 6.18 Å². The third kappa shape index (κ3) is 5.30. The topological polar surface area (TPSA) is 84.5 Å². The molecule has 0 spiro atoms. The van der Waals surface area contributed by atoms with E-state index in [9.17, 15) is 27.6 Å². The summed E-state index contributed by atoms with van der Waals surface area (Å²) in [6, 6.07) is 10.0. The number of anilines is 1. The van der Waals surface area contributed by atoms with Crippen LogP contribution in [0.15, 0.2) is 48.5 Å². The van der Waals surface area contributed by atoms with Gasteiger partial charge in [-0.2, -0.15) is 13.2 Å². The van der Waals surface area contributed by atoms with Crippen molar-refractivity contribution >= 4 is 23.5 Å². The minimum atomic E-state index is -4.72. The molecule has 2 aromatic rings. The first-order chi connectivity index (χ1) is 12.7. The van der Waals surface area contributed by atoms with Gasteiger partial charge >= 0.3 is 12.1 Å². The van der Waals surface area contributed by atoms with Crippen LogP contribution >= 0.6 is 0 Å². The summed E-state index contributed by atoms with van der Waals surface area (Å²) >= 11 is 0. The van der Waals surface area contributed by atoms with Gasteiger partial charge in [-0.1, -0.05) is 12.1 Å². The lowest BCUT2D eigenvalue weighted by molar-refractivity contribution is -0.138. The predicted octanol–water partition coefficient (Wildman–Crippen LogP) is 2.86. The Kier molecular flexibility index (Phi) is 6.17. The van der Waals surface area contributed by atoms with E-state index >= 15 is 0 Å². The number of amides is 2. The first kappa shape index (κ1) is 20.0. The molecule has 142 valence electrons. The summed E-state index contributed by atoms with van der Waals surface area (Å²) < 4.78 is 43.3. The van der Waals surface area contributed by atoms with Crippen LogP contribution in [0.2, 0.25) is 0 Å². The SMILES string of the molecule is CNC(=O)c1ccc(NC(=O)COC(=O)c2ccccc2C(F)(F)F)cc1. The third-order valence-electron chi connectivity index (χ3n) is 3.44. The van der Waals surface area contributed by atoms with E-state index in [1.165, 1.54) is 37.4 Å². The molecule has 0 heterocycles. The molecule has 6 nitrogen and oxygen atoms in total. The molecule has 2 aromatic carbocycles. The maximum Gasteiger partial charge on any atom is 0.417 e. The molecule has 27 heavy (non-hydrogen) atoms. The van der Waals surface area contributed by atoms with Gasteiger partial charge in [-0.05, 0) is 36.4 Å². The van der Waals surface area contributed by atoms with Crippen molar-refractivity contribution in [2.75, 3.05) is 19.0 Å². The number of halogens is 3. The van der Waals surface area contributed by atoms with Crippen LogP contribution < -0.4 is 10.6 Å². The highest BCUT2D eigenvalue weighted by Gasteiger charge is 2.35. The summed E-state index contributed by atoms with van der Waals surface area (Å²) in [4.78, 5) is 35.1. The standard InChI is InChI=1S/C18H15F3N2O4/c1-22-16(25)11-6-8-12(9-7-11)23-15(24)10-27-17(26)13-4-2-3-5-14(13)18(19,20)21/h2-9H,10H2,1H3,(H,22,25)(H,23,24). The minimum Gasteiger partial charge on any atom is -0.452 e. The van der Waals surface area contributed by atoms with Crippen molar-refractivity contribution < 1.29 is 32.3 Å². The number of hydrogen-bond donors (Lipinski definition) is 2. The fourth-order valence-corrected chi connectivity index (χ4v) is 2.16. The molecular formula is C18H15F3N2O4. The van der Waals surface area contributed by atoms with E-state index in [0.29, 0.717) is 11.3 Å². The van der Waals surface area contributed by atoms with E-state index in [0.717, 1.165) is 18.2 Å². The van der Waals surface area contributed by atoms with Gasteiger partial charge in [-0.15, -0.1) is 0 Å². The fraction of sp³-hybridized carbons (Fsp3) is 0.167. The highest BCUT2D eigenvalue weighted by atomic mass is 19.4. The van der Waals surface area contributed by atoms with Crippen LogP contribution in [0.4, 0.5) is 18.9 Å². The Morgan fingerprint density at radius 1 is 1.00 bits per heavy atom. The second-order valence-electron chi connectivity index (χ2n) is 5.32. The molecule has 9 heteroatoms. The molecule has 0 unspecified atom stereocenters. The second kappa shape index (κ2) is 8.35. The number of hydrogen-bond acceptors (Lipinski definition) is 4. The van der Waals surface area contributed by atoms with Gasteiger partial charge in [-0.3, -0.25) is 9.59 Å². The quantitative estimate of drug-likeness (QED) is 0.782. The summed E-state index contributed by atoms with van der Waals surface area (Å²) in [6.45, 7) is -0.762. The predicted molar refractivity (Wildman–Crippen MR) is 90.2 cm³/mol. The molecule has 2 amide bonds. The van der Waals surface area contributed by atoms with E-state index in [4.69, 9.17) is 0 Å². The Bertz CT molecular complexity index is 848. The lowest BCUT2D eigenvalue weighted by atomic mass is 10.1. The maximum absolute atomic E-state index is 12.9. The van der Waals surface area contributed by atoms with Gasteiger partial charge in [0.2, 0.25) is 0 Å². The summed E-state index contributed by atoms with van der Waals surface area (Å²) in [5, 5.41) is 4.85. The van der Waals surface area contributed by atoms with E-state index in [1.807, 2.05) is 0 Å². The number of ether oxygens (including phenoxy) is 1.